The zero-order valence-electron chi connectivity index (χ0n) is 4.76. The SMILES string of the molecule is [O]S(=O)(=O)c1cccnn1. The van der Waals surface area contributed by atoms with Crippen LogP contribution in [0.2, 0.25) is 0 Å². The van der Waals surface area contributed by atoms with E-state index in [-0.39, 0.29) is 0 Å². The lowest BCUT2D eigenvalue weighted by molar-refractivity contribution is 0.410. The molecule has 1 aromatic rings. The molecule has 0 aliphatic rings. The first-order chi connectivity index (χ1) is 4.61. The predicted molar refractivity (Wildman–Crippen MR) is 29.9 cm³/mol. The number of hydrogen-bond acceptors (Lipinski definition) is 4. The molecular weight excluding hydrogens is 156 g/mol. The van der Waals surface area contributed by atoms with Gasteiger partial charge in [0.05, 0.1) is 0 Å². The fraction of sp³-hybridized carbons (Fsp3) is 0. The summed E-state index contributed by atoms with van der Waals surface area (Å²) in [6, 6.07) is 2.42. The molecule has 5 nitrogen and oxygen atoms in total. The molecule has 10 heavy (non-hydrogen) atoms. The van der Waals surface area contributed by atoms with E-state index in [1.165, 1.54) is 12.3 Å². The zero-order chi connectivity index (χ0) is 7.61. The van der Waals surface area contributed by atoms with Crippen LogP contribution in [0.3, 0.4) is 0 Å². The molecule has 0 spiro atoms. The lowest BCUT2D eigenvalue weighted by atomic mass is 10.6. The van der Waals surface area contributed by atoms with Crippen LogP contribution in [0, 0.1) is 0 Å². The van der Waals surface area contributed by atoms with Gasteiger partial charge in [0, 0.05) is 6.20 Å². The molecule has 0 unspecified atom stereocenters. The standard InChI is InChI=1S/C4H3N2O3S/c7-10(8,9)4-2-1-3-5-6-4/h1-3H. The molecule has 0 fully saturated rings. The number of aromatic nitrogens is 2. The summed E-state index contributed by atoms with van der Waals surface area (Å²) in [7, 11) is -4.43. The predicted octanol–water partition coefficient (Wildman–Crippen LogP) is -0.404. The highest BCUT2D eigenvalue weighted by Crippen LogP contribution is 1.99. The van der Waals surface area contributed by atoms with Crippen LogP contribution in [0.1, 0.15) is 0 Å². The third-order valence-electron chi connectivity index (χ3n) is 0.804. The molecular formula is C4H3N2O3S. The maximum absolute atomic E-state index is 10.2. The largest absolute Gasteiger partial charge is 0.343 e. The Bertz CT molecular complexity index is 307. The maximum atomic E-state index is 10.2. The van der Waals surface area contributed by atoms with Crippen LogP contribution in [0.5, 0.6) is 0 Å². The van der Waals surface area contributed by atoms with Crippen molar-refractivity contribution in [1.29, 1.82) is 0 Å². The fourth-order valence-electron chi connectivity index (χ4n) is 0.421. The lowest BCUT2D eigenvalue weighted by Crippen LogP contribution is -1.99. The molecule has 1 rings (SSSR count). The Kier molecular flexibility index (Phi) is 1.64. The highest BCUT2D eigenvalue weighted by molar-refractivity contribution is 7.85. The second kappa shape index (κ2) is 2.31. The summed E-state index contributed by atoms with van der Waals surface area (Å²) in [4.78, 5) is 0. The van der Waals surface area contributed by atoms with E-state index in [1.54, 1.807) is 0 Å². The van der Waals surface area contributed by atoms with Gasteiger partial charge in [-0.3, -0.25) is 0 Å². The minimum Gasteiger partial charge on any atom is -0.190 e. The summed E-state index contributed by atoms with van der Waals surface area (Å²) >= 11 is 0. The summed E-state index contributed by atoms with van der Waals surface area (Å²) in [5, 5.41) is 5.78. The van der Waals surface area contributed by atoms with Crippen molar-refractivity contribution in [1.82, 2.24) is 10.2 Å². The molecule has 0 aliphatic carbocycles. The summed E-state index contributed by atoms with van der Waals surface area (Å²) < 4.78 is 30.5. The van der Waals surface area contributed by atoms with E-state index in [2.05, 4.69) is 10.2 Å². The van der Waals surface area contributed by atoms with Gasteiger partial charge in [-0.05, 0) is 12.1 Å². The molecule has 1 heterocycles. The van der Waals surface area contributed by atoms with Crippen LogP contribution in [0.4, 0.5) is 0 Å². The van der Waals surface area contributed by atoms with Gasteiger partial charge >= 0.3 is 10.1 Å². The minimum atomic E-state index is -4.43. The fourth-order valence-corrected chi connectivity index (χ4v) is 0.813. The summed E-state index contributed by atoms with van der Waals surface area (Å²) in [5.41, 5.74) is 0. The van der Waals surface area contributed by atoms with E-state index >= 15 is 0 Å². The Morgan fingerprint density at radius 3 is 2.40 bits per heavy atom. The second-order valence-electron chi connectivity index (χ2n) is 1.52. The summed E-state index contributed by atoms with van der Waals surface area (Å²) in [6.07, 6.45) is 1.29. The minimum absolute atomic E-state index is 0.546. The first-order valence-electron chi connectivity index (χ1n) is 2.34. The second-order valence-corrected chi connectivity index (χ2v) is 2.84. The maximum Gasteiger partial charge on any atom is 0.343 e. The van der Waals surface area contributed by atoms with Crippen LogP contribution < -0.4 is 0 Å². The first kappa shape index (κ1) is 7.10. The van der Waals surface area contributed by atoms with E-state index in [4.69, 9.17) is 0 Å². The molecule has 0 atom stereocenters. The third-order valence-corrected chi connectivity index (χ3v) is 1.53. The molecule has 0 bridgehead atoms. The smallest absolute Gasteiger partial charge is 0.190 e. The van der Waals surface area contributed by atoms with Crippen molar-refractivity contribution < 1.29 is 13.0 Å². The molecule has 0 aromatic carbocycles. The van der Waals surface area contributed by atoms with Crippen LogP contribution in [0.25, 0.3) is 0 Å². The van der Waals surface area contributed by atoms with Crippen LogP contribution in [-0.2, 0) is 14.7 Å². The van der Waals surface area contributed by atoms with Gasteiger partial charge in [-0.2, -0.15) is 13.5 Å². The van der Waals surface area contributed by atoms with Gasteiger partial charge in [-0.25, -0.2) is 0 Å². The molecule has 0 saturated heterocycles. The zero-order valence-corrected chi connectivity index (χ0v) is 5.58. The van der Waals surface area contributed by atoms with Crippen molar-refractivity contribution in [3.8, 4) is 0 Å². The van der Waals surface area contributed by atoms with Gasteiger partial charge in [-0.1, -0.05) is 4.55 Å². The van der Waals surface area contributed by atoms with Gasteiger partial charge in [0.2, 0.25) is 5.03 Å². The van der Waals surface area contributed by atoms with Crippen LogP contribution in [0.15, 0.2) is 23.4 Å². The van der Waals surface area contributed by atoms with E-state index in [0.717, 1.165) is 6.07 Å². The molecule has 0 N–H and O–H groups in total. The van der Waals surface area contributed by atoms with Gasteiger partial charge < -0.3 is 0 Å². The highest BCUT2D eigenvalue weighted by Gasteiger charge is 2.11. The lowest BCUT2D eigenvalue weighted by Gasteiger charge is -1.87. The van der Waals surface area contributed by atoms with Crippen molar-refractivity contribution in [2.24, 2.45) is 0 Å². The normalized spacial score (nSPS) is 11.3. The molecule has 53 valence electrons. The van der Waals surface area contributed by atoms with Crippen molar-refractivity contribution in [2.75, 3.05) is 0 Å². The van der Waals surface area contributed by atoms with Gasteiger partial charge in [-0.15, -0.1) is 5.10 Å². The molecule has 0 amide bonds. The van der Waals surface area contributed by atoms with Crippen molar-refractivity contribution >= 4 is 10.1 Å². The van der Waals surface area contributed by atoms with Crippen molar-refractivity contribution in [3.05, 3.63) is 18.3 Å². The third kappa shape index (κ3) is 1.49. The first-order valence-corrected chi connectivity index (χ1v) is 3.75. The number of nitrogens with zero attached hydrogens (tertiary/aromatic N) is 2. The van der Waals surface area contributed by atoms with Crippen LogP contribution in [-0.4, -0.2) is 18.6 Å². The van der Waals surface area contributed by atoms with Gasteiger partial charge in [0.25, 0.3) is 0 Å². The summed E-state index contributed by atoms with van der Waals surface area (Å²) in [6.45, 7) is 0. The topological polar surface area (TPSA) is 79.8 Å². The quantitative estimate of drug-likeness (QED) is 0.558. The van der Waals surface area contributed by atoms with E-state index in [1.807, 2.05) is 0 Å². The van der Waals surface area contributed by atoms with Gasteiger partial charge in [0.15, 0.2) is 0 Å². The van der Waals surface area contributed by atoms with E-state index in [9.17, 15) is 13.0 Å². The molecule has 1 aromatic heterocycles. The average molecular weight is 159 g/mol. The average Bonchev–Trinajstić information content (AvgIpc) is 1.88. The Hall–Kier alpha value is -1.01. The van der Waals surface area contributed by atoms with Crippen LogP contribution >= 0.6 is 0 Å². The molecule has 0 aliphatic heterocycles. The highest BCUT2D eigenvalue weighted by atomic mass is 32.2. The Morgan fingerprint density at radius 1 is 1.40 bits per heavy atom. The van der Waals surface area contributed by atoms with E-state index < -0.39 is 15.1 Å². The number of rotatable bonds is 1. The molecule has 6 heteroatoms. The molecule has 0 saturated carbocycles. The summed E-state index contributed by atoms with van der Waals surface area (Å²) in [5.74, 6) is 0. The van der Waals surface area contributed by atoms with Crippen molar-refractivity contribution in [2.45, 2.75) is 5.03 Å². The Balaban J connectivity index is 3.22. The number of hydrogen-bond donors (Lipinski definition) is 0. The van der Waals surface area contributed by atoms with Gasteiger partial charge in [0.1, 0.15) is 0 Å². The monoisotopic (exact) mass is 159 g/mol. The van der Waals surface area contributed by atoms with E-state index in [0.29, 0.717) is 0 Å². The Labute approximate surface area is 57.5 Å². The van der Waals surface area contributed by atoms with Crippen molar-refractivity contribution in [3.63, 3.8) is 0 Å². The molecule has 1 radical (unpaired) electrons. The Morgan fingerprint density at radius 2 is 2.10 bits per heavy atom.